The molecule has 0 atom stereocenters. The molecule has 1 aromatic heterocycles. The Labute approximate surface area is 164 Å². The number of hydrogen-bond donors (Lipinski definition) is 1. The molecule has 0 bridgehead atoms. The molecule has 0 fully saturated rings. The van der Waals surface area contributed by atoms with Gasteiger partial charge in [-0.1, -0.05) is 6.07 Å². The Morgan fingerprint density at radius 2 is 1.64 bits per heavy atom. The number of hydrogen-bond acceptors (Lipinski definition) is 3. The third-order valence-corrected chi connectivity index (χ3v) is 5.00. The maximum atomic E-state index is 12.7. The molecule has 0 aliphatic heterocycles. The van der Waals surface area contributed by atoms with Crippen LogP contribution in [0.2, 0.25) is 0 Å². The minimum Gasteiger partial charge on any atom is -0.399 e. The second-order valence-electron chi connectivity index (χ2n) is 7.21. The first-order valence-electron chi connectivity index (χ1n) is 9.28. The van der Waals surface area contributed by atoms with Crippen LogP contribution in [0.4, 0.5) is 11.4 Å². The lowest BCUT2D eigenvalue weighted by Gasteiger charge is -2.12. The van der Waals surface area contributed by atoms with E-state index in [9.17, 15) is 4.79 Å². The average Bonchev–Trinajstić information content (AvgIpc) is 3.12. The summed E-state index contributed by atoms with van der Waals surface area (Å²) in [6, 6.07) is 23.8. The summed E-state index contributed by atoms with van der Waals surface area (Å²) < 4.78 is 2.13. The van der Waals surface area contributed by atoms with E-state index in [1.54, 1.807) is 0 Å². The number of carbonyl (C=O) groups excluding carboxylic acids is 1. The Kier molecular flexibility index (Phi) is 4.62. The molecule has 4 nitrogen and oxygen atoms in total. The fraction of sp³-hybridized carbons (Fsp3) is 0.125. The van der Waals surface area contributed by atoms with Crippen molar-refractivity contribution in [3.8, 4) is 5.69 Å². The Morgan fingerprint density at radius 1 is 0.929 bits per heavy atom. The standard InChI is InChI=1S/C24H23N3O/c1-26(2)21-8-4-18(5-9-21)24(28)16-17-3-12-23-19(15-17)13-14-27(23)22-10-6-20(25)7-11-22/h3-15H,16,25H2,1-2H3. The van der Waals surface area contributed by atoms with Crippen LogP contribution in [-0.2, 0) is 6.42 Å². The second-order valence-corrected chi connectivity index (χ2v) is 7.21. The van der Waals surface area contributed by atoms with Gasteiger partial charge in [-0.05, 0) is 72.3 Å². The van der Waals surface area contributed by atoms with Crippen LogP contribution in [0.3, 0.4) is 0 Å². The van der Waals surface area contributed by atoms with Crippen molar-refractivity contribution in [3.05, 3.63) is 90.1 Å². The van der Waals surface area contributed by atoms with Crippen molar-refractivity contribution in [3.63, 3.8) is 0 Å². The summed E-state index contributed by atoms with van der Waals surface area (Å²) in [6.07, 6.45) is 2.44. The zero-order valence-corrected chi connectivity index (χ0v) is 16.1. The number of rotatable bonds is 5. The first kappa shape index (κ1) is 17.9. The van der Waals surface area contributed by atoms with Crippen molar-refractivity contribution >= 4 is 28.1 Å². The van der Waals surface area contributed by atoms with E-state index in [1.807, 2.05) is 79.8 Å². The Balaban J connectivity index is 1.56. The fourth-order valence-electron chi connectivity index (χ4n) is 3.39. The molecule has 4 rings (SSSR count). The van der Waals surface area contributed by atoms with Gasteiger partial charge in [-0.25, -0.2) is 0 Å². The van der Waals surface area contributed by atoms with Crippen molar-refractivity contribution in [2.45, 2.75) is 6.42 Å². The van der Waals surface area contributed by atoms with Gasteiger partial charge < -0.3 is 15.2 Å². The van der Waals surface area contributed by atoms with E-state index in [4.69, 9.17) is 5.73 Å². The number of nitrogens with two attached hydrogens (primary N) is 1. The van der Waals surface area contributed by atoms with E-state index in [0.29, 0.717) is 6.42 Å². The van der Waals surface area contributed by atoms with Crippen LogP contribution in [0, 0.1) is 0 Å². The van der Waals surface area contributed by atoms with E-state index >= 15 is 0 Å². The van der Waals surface area contributed by atoms with Gasteiger partial charge in [0, 0.05) is 54.7 Å². The van der Waals surface area contributed by atoms with Crippen LogP contribution in [0.1, 0.15) is 15.9 Å². The highest BCUT2D eigenvalue weighted by atomic mass is 16.1. The van der Waals surface area contributed by atoms with Crippen molar-refractivity contribution in [2.24, 2.45) is 0 Å². The zero-order valence-electron chi connectivity index (χ0n) is 16.1. The second kappa shape index (κ2) is 7.24. The van der Waals surface area contributed by atoms with Gasteiger partial charge in [0.05, 0.1) is 5.52 Å². The molecule has 0 aliphatic rings. The first-order valence-corrected chi connectivity index (χ1v) is 9.28. The first-order chi connectivity index (χ1) is 13.5. The number of aromatic nitrogens is 1. The van der Waals surface area contributed by atoms with E-state index < -0.39 is 0 Å². The van der Waals surface area contributed by atoms with Gasteiger partial charge in [-0.15, -0.1) is 0 Å². The van der Waals surface area contributed by atoms with E-state index in [-0.39, 0.29) is 5.78 Å². The number of carbonyl (C=O) groups is 1. The third-order valence-electron chi connectivity index (χ3n) is 5.00. The molecule has 0 saturated carbocycles. The molecule has 0 spiro atoms. The molecule has 1 heterocycles. The summed E-state index contributed by atoms with van der Waals surface area (Å²) in [5, 5.41) is 1.12. The zero-order chi connectivity index (χ0) is 19.7. The summed E-state index contributed by atoms with van der Waals surface area (Å²) in [5.74, 6) is 0.127. The minimum absolute atomic E-state index is 0.127. The fourth-order valence-corrected chi connectivity index (χ4v) is 3.39. The van der Waals surface area contributed by atoms with Crippen LogP contribution < -0.4 is 10.6 Å². The number of nitrogens with zero attached hydrogens (tertiary/aromatic N) is 2. The van der Waals surface area contributed by atoms with E-state index in [0.717, 1.165) is 39.1 Å². The minimum atomic E-state index is 0.127. The van der Waals surface area contributed by atoms with Gasteiger partial charge in [0.1, 0.15) is 0 Å². The molecule has 0 amide bonds. The van der Waals surface area contributed by atoms with Crippen LogP contribution in [0.15, 0.2) is 79.0 Å². The Bertz CT molecular complexity index is 1120. The molecule has 0 unspecified atom stereocenters. The van der Waals surface area contributed by atoms with Crippen LogP contribution >= 0.6 is 0 Å². The molecule has 4 aromatic rings. The SMILES string of the molecule is CN(C)c1ccc(C(=O)Cc2ccc3c(ccn3-c3ccc(N)cc3)c2)cc1. The monoisotopic (exact) mass is 369 g/mol. The lowest BCUT2D eigenvalue weighted by Crippen LogP contribution is -2.09. The number of Topliss-reactive ketones (excluding diaryl/α,β-unsaturated/α-hetero) is 1. The largest absolute Gasteiger partial charge is 0.399 e. The summed E-state index contributed by atoms with van der Waals surface area (Å²) in [5.41, 5.74) is 11.6. The van der Waals surface area contributed by atoms with Gasteiger partial charge in [-0.2, -0.15) is 0 Å². The number of nitrogen functional groups attached to an aromatic ring is 1. The number of fused-ring (bicyclic) bond motifs is 1. The molecule has 0 aliphatic carbocycles. The van der Waals surface area contributed by atoms with Gasteiger partial charge >= 0.3 is 0 Å². The van der Waals surface area contributed by atoms with Gasteiger partial charge in [0.25, 0.3) is 0 Å². The Hall–Kier alpha value is -3.53. The lowest BCUT2D eigenvalue weighted by molar-refractivity contribution is 0.0993. The van der Waals surface area contributed by atoms with Crippen molar-refractivity contribution in [1.29, 1.82) is 0 Å². The summed E-state index contributed by atoms with van der Waals surface area (Å²) >= 11 is 0. The maximum Gasteiger partial charge on any atom is 0.167 e. The van der Waals surface area contributed by atoms with Crippen molar-refractivity contribution in [1.82, 2.24) is 4.57 Å². The molecule has 2 N–H and O–H groups in total. The topological polar surface area (TPSA) is 51.3 Å². The predicted octanol–water partition coefficient (Wildman–Crippen LogP) is 4.70. The van der Waals surface area contributed by atoms with Gasteiger partial charge in [0.15, 0.2) is 5.78 Å². The average molecular weight is 369 g/mol. The summed E-state index contributed by atoms with van der Waals surface area (Å²) in [6.45, 7) is 0. The summed E-state index contributed by atoms with van der Waals surface area (Å²) in [7, 11) is 3.98. The highest BCUT2D eigenvalue weighted by Crippen LogP contribution is 2.23. The molecule has 4 heteroatoms. The van der Waals surface area contributed by atoms with Gasteiger partial charge in [-0.3, -0.25) is 4.79 Å². The number of ketones is 1. The molecular formula is C24H23N3O. The number of benzene rings is 3. The van der Waals surface area contributed by atoms with Gasteiger partial charge in [0.2, 0.25) is 0 Å². The quantitative estimate of drug-likeness (QED) is 0.410. The van der Waals surface area contributed by atoms with Crippen LogP contribution in [-0.4, -0.2) is 24.4 Å². The highest BCUT2D eigenvalue weighted by Gasteiger charge is 2.10. The smallest absolute Gasteiger partial charge is 0.167 e. The highest BCUT2D eigenvalue weighted by molar-refractivity contribution is 5.98. The molecule has 0 saturated heterocycles. The van der Waals surface area contributed by atoms with E-state index in [1.165, 1.54) is 0 Å². The molecule has 0 radical (unpaired) electrons. The lowest BCUT2D eigenvalue weighted by atomic mass is 10.0. The third kappa shape index (κ3) is 3.49. The Morgan fingerprint density at radius 3 is 2.32 bits per heavy atom. The normalized spacial score (nSPS) is 10.9. The molecule has 140 valence electrons. The maximum absolute atomic E-state index is 12.7. The van der Waals surface area contributed by atoms with Crippen molar-refractivity contribution < 1.29 is 4.79 Å². The molecular weight excluding hydrogens is 346 g/mol. The van der Waals surface area contributed by atoms with Crippen molar-refractivity contribution in [2.75, 3.05) is 24.7 Å². The van der Waals surface area contributed by atoms with Crippen LogP contribution in [0.5, 0.6) is 0 Å². The molecule has 3 aromatic carbocycles. The predicted molar refractivity (Wildman–Crippen MR) is 116 cm³/mol. The number of anilines is 2. The molecule has 28 heavy (non-hydrogen) atoms. The van der Waals surface area contributed by atoms with E-state index in [2.05, 4.69) is 22.8 Å². The van der Waals surface area contributed by atoms with Crippen LogP contribution in [0.25, 0.3) is 16.6 Å². The summed E-state index contributed by atoms with van der Waals surface area (Å²) in [4.78, 5) is 14.7.